The Morgan fingerprint density at radius 1 is 1.26 bits per heavy atom. The van der Waals surface area contributed by atoms with E-state index in [1.807, 2.05) is 6.07 Å². The van der Waals surface area contributed by atoms with E-state index in [1.54, 1.807) is 18.3 Å². The molecule has 3 fully saturated rings. The fourth-order valence-electron chi connectivity index (χ4n) is 5.56. The summed E-state index contributed by atoms with van der Waals surface area (Å²) in [7, 11) is 0. The highest BCUT2D eigenvalue weighted by Crippen LogP contribution is 2.42. The molecule has 0 radical (unpaired) electrons. The van der Waals surface area contributed by atoms with Crippen LogP contribution in [0.5, 0.6) is 5.75 Å². The van der Waals surface area contributed by atoms with Crippen LogP contribution in [0.15, 0.2) is 30.6 Å². The summed E-state index contributed by atoms with van der Waals surface area (Å²) in [5.41, 5.74) is 1.54. The van der Waals surface area contributed by atoms with E-state index in [1.165, 1.54) is 16.9 Å². The van der Waals surface area contributed by atoms with E-state index in [2.05, 4.69) is 42.6 Å². The number of phenolic OH excluding ortho intramolecular Hbond substituents is 1. The van der Waals surface area contributed by atoms with E-state index in [0.717, 1.165) is 32.1 Å². The second-order valence-electron chi connectivity index (χ2n) is 10.1. The molecular weight excluding hydrogens is 449 g/mol. The summed E-state index contributed by atoms with van der Waals surface area (Å²) in [6.07, 6.45) is 7.73. The molecule has 10 nitrogen and oxygen atoms in total. The molecule has 3 aliphatic rings. The zero-order valence-corrected chi connectivity index (χ0v) is 19.3. The van der Waals surface area contributed by atoms with Crippen molar-refractivity contribution in [1.82, 2.24) is 35.5 Å². The van der Waals surface area contributed by atoms with Crippen molar-refractivity contribution in [3.05, 3.63) is 36.3 Å². The van der Waals surface area contributed by atoms with Gasteiger partial charge in [-0.2, -0.15) is 5.26 Å². The van der Waals surface area contributed by atoms with E-state index in [4.69, 9.17) is 5.26 Å². The zero-order chi connectivity index (χ0) is 24.2. The first-order valence-electron chi connectivity index (χ1n) is 12.0. The van der Waals surface area contributed by atoms with Gasteiger partial charge in [-0.15, -0.1) is 15.3 Å². The molecule has 2 aromatic heterocycles. The van der Waals surface area contributed by atoms with Gasteiger partial charge in [0, 0.05) is 29.3 Å². The molecule has 0 unspecified atom stereocenters. The Morgan fingerprint density at radius 2 is 2.11 bits per heavy atom. The molecule has 4 heterocycles. The van der Waals surface area contributed by atoms with Crippen LogP contribution in [0.25, 0.3) is 16.9 Å². The molecule has 0 amide bonds. The fourth-order valence-corrected chi connectivity index (χ4v) is 5.56. The fraction of sp³-hybridized carbons (Fsp3) is 0.500. The Morgan fingerprint density at radius 3 is 2.80 bits per heavy atom. The number of anilines is 1. The van der Waals surface area contributed by atoms with Crippen LogP contribution in [0.2, 0.25) is 0 Å². The van der Waals surface area contributed by atoms with E-state index in [0.29, 0.717) is 29.3 Å². The topological polar surface area (TPSA) is 129 Å². The predicted molar refractivity (Wildman–Crippen MR) is 125 cm³/mol. The molecule has 0 spiro atoms. The minimum Gasteiger partial charge on any atom is -0.507 e. The van der Waals surface area contributed by atoms with Gasteiger partial charge in [0.05, 0.1) is 24.1 Å². The molecule has 4 atom stereocenters. The van der Waals surface area contributed by atoms with Crippen molar-refractivity contribution in [3.8, 4) is 28.8 Å². The number of piperidine rings is 2. The third-order valence-electron chi connectivity index (χ3n) is 7.40. The second kappa shape index (κ2) is 8.23. The third-order valence-corrected chi connectivity index (χ3v) is 7.40. The van der Waals surface area contributed by atoms with E-state index >= 15 is 4.39 Å². The van der Waals surface area contributed by atoms with E-state index in [-0.39, 0.29) is 35.1 Å². The maximum atomic E-state index is 15.6. The van der Waals surface area contributed by atoms with E-state index in [9.17, 15) is 5.11 Å². The molecule has 2 N–H and O–H groups in total. The van der Waals surface area contributed by atoms with Gasteiger partial charge in [-0.1, -0.05) is 5.21 Å². The van der Waals surface area contributed by atoms with Crippen molar-refractivity contribution in [2.45, 2.75) is 75.3 Å². The highest BCUT2D eigenvalue weighted by Gasteiger charge is 2.50. The minimum atomic E-state index is -0.984. The van der Waals surface area contributed by atoms with Crippen molar-refractivity contribution in [2.24, 2.45) is 0 Å². The zero-order valence-electron chi connectivity index (χ0n) is 19.3. The number of fused-ring (bicyclic) bond motifs is 2. The normalized spacial score (nSPS) is 27.9. The molecule has 6 rings (SSSR count). The number of nitrogens with one attached hydrogen (secondary N) is 1. The lowest BCUT2D eigenvalue weighted by atomic mass is 9.74. The smallest absolute Gasteiger partial charge is 0.245 e. The Kier molecular flexibility index (Phi) is 5.14. The molecule has 1 aliphatic carbocycles. The molecule has 2 bridgehead atoms. The molecular formula is C24H26FN9O. The molecule has 1 aromatic carbocycles. The standard InChI is InChI=1S/C24H26FN9O/c1-24-8-2-3-18(28-24)22(25)20(10-24)34(15-4-5-15)23-27-12-19(30-31-23)17-7-6-16(9-21(17)35)33-13-14(11-26)29-32-33/h6-7,9,12-13,15,18,20,22,28,35H,2-5,8,10H2,1H3/t18-,20-,22+,24-/m0/s1. The molecule has 2 aliphatic heterocycles. The number of halogens is 1. The summed E-state index contributed by atoms with van der Waals surface area (Å²) >= 11 is 0. The van der Waals surface area contributed by atoms with Gasteiger partial charge in [0.15, 0.2) is 5.69 Å². The summed E-state index contributed by atoms with van der Waals surface area (Å²) < 4.78 is 17.0. The third kappa shape index (κ3) is 3.97. The number of alkyl halides is 1. The quantitative estimate of drug-likeness (QED) is 0.572. The second-order valence-corrected chi connectivity index (χ2v) is 10.1. The lowest BCUT2D eigenvalue weighted by Crippen LogP contribution is -2.67. The lowest BCUT2D eigenvalue weighted by molar-refractivity contribution is 0.0582. The number of aromatic nitrogens is 6. The Hall–Kier alpha value is -3.65. The highest BCUT2D eigenvalue weighted by atomic mass is 19.1. The number of phenols is 1. The average molecular weight is 476 g/mol. The molecule has 3 aromatic rings. The monoisotopic (exact) mass is 475 g/mol. The van der Waals surface area contributed by atoms with Gasteiger partial charge in [0.25, 0.3) is 0 Å². The number of aromatic hydroxyl groups is 1. The first-order valence-corrected chi connectivity index (χ1v) is 12.0. The maximum absolute atomic E-state index is 15.6. The SMILES string of the molecule is C[C@@]12CCC[C@H](N1)[C@@H](F)[C@@H](N(c1ncc(-c3ccc(-n4cc(C#N)nn4)cc3O)nn1)C1CC1)C2. The number of nitriles is 1. The lowest BCUT2D eigenvalue weighted by Gasteiger charge is -2.52. The predicted octanol–water partition coefficient (Wildman–Crippen LogP) is 2.68. The number of rotatable bonds is 5. The summed E-state index contributed by atoms with van der Waals surface area (Å²) in [6, 6.07) is 6.69. The van der Waals surface area contributed by atoms with Crippen molar-refractivity contribution < 1.29 is 9.50 Å². The number of nitrogens with zero attached hydrogens (tertiary/aromatic N) is 8. The van der Waals surface area contributed by atoms with Gasteiger partial charge in [0.2, 0.25) is 5.95 Å². The van der Waals surface area contributed by atoms with Crippen LogP contribution in [-0.2, 0) is 0 Å². The maximum Gasteiger partial charge on any atom is 0.245 e. The summed E-state index contributed by atoms with van der Waals surface area (Å²) in [5, 5.41) is 39.4. The molecule has 180 valence electrons. The van der Waals surface area contributed by atoms with Crippen LogP contribution in [0, 0.1) is 11.3 Å². The average Bonchev–Trinajstić information content (AvgIpc) is 3.57. The van der Waals surface area contributed by atoms with Crippen molar-refractivity contribution in [2.75, 3.05) is 4.90 Å². The van der Waals surface area contributed by atoms with Crippen LogP contribution < -0.4 is 10.2 Å². The van der Waals surface area contributed by atoms with Gasteiger partial charge < -0.3 is 15.3 Å². The number of hydrogen-bond donors (Lipinski definition) is 2. The van der Waals surface area contributed by atoms with Crippen LogP contribution in [0.4, 0.5) is 10.3 Å². The Labute approximate surface area is 201 Å². The summed E-state index contributed by atoms with van der Waals surface area (Å²) in [4.78, 5) is 6.62. The first kappa shape index (κ1) is 21.9. The minimum absolute atomic E-state index is 0.0256. The van der Waals surface area contributed by atoms with Gasteiger partial charge in [-0.25, -0.2) is 14.1 Å². The van der Waals surface area contributed by atoms with Crippen molar-refractivity contribution in [1.29, 1.82) is 5.26 Å². The van der Waals surface area contributed by atoms with Crippen LogP contribution >= 0.6 is 0 Å². The highest BCUT2D eigenvalue weighted by molar-refractivity contribution is 5.68. The van der Waals surface area contributed by atoms with Gasteiger partial charge >= 0.3 is 0 Å². The van der Waals surface area contributed by atoms with Crippen molar-refractivity contribution >= 4 is 5.95 Å². The summed E-state index contributed by atoms with van der Waals surface area (Å²) in [6.45, 7) is 2.19. The van der Waals surface area contributed by atoms with Crippen LogP contribution in [0.3, 0.4) is 0 Å². The number of hydrogen-bond acceptors (Lipinski definition) is 9. The molecule has 2 saturated heterocycles. The molecule has 1 saturated carbocycles. The largest absolute Gasteiger partial charge is 0.507 e. The number of benzene rings is 1. The van der Waals surface area contributed by atoms with E-state index < -0.39 is 6.17 Å². The first-order chi connectivity index (χ1) is 16.9. The van der Waals surface area contributed by atoms with Gasteiger partial charge in [0.1, 0.15) is 23.7 Å². The van der Waals surface area contributed by atoms with Gasteiger partial charge in [-0.3, -0.25) is 0 Å². The van der Waals surface area contributed by atoms with Gasteiger partial charge in [-0.05, 0) is 57.6 Å². The summed E-state index contributed by atoms with van der Waals surface area (Å²) in [5.74, 6) is 0.414. The Bertz CT molecular complexity index is 1280. The van der Waals surface area contributed by atoms with Crippen LogP contribution in [0.1, 0.15) is 51.1 Å². The van der Waals surface area contributed by atoms with Crippen molar-refractivity contribution in [3.63, 3.8) is 0 Å². The molecule has 35 heavy (non-hydrogen) atoms. The van der Waals surface area contributed by atoms with Crippen LogP contribution in [-0.4, -0.2) is 65.1 Å². The Balaban J connectivity index is 1.26. The molecule has 11 heteroatoms.